The number of amides is 2. The van der Waals surface area contributed by atoms with E-state index < -0.39 is 29.2 Å². The summed E-state index contributed by atoms with van der Waals surface area (Å²) in [4.78, 5) is 43.6. The highest BCUT2D eigenvalue weighted by Crippen LogP contribution is 2.40. The first kappa shape index (κ1) is 22.5. The molecule has 3 aromatic heterocycles. The smallest absolute Gasteiger partial charge is 0.276 e. The fourth-order valence-electron chi connectivity index (χ4n) is 3.96. The van der Waals surface area contributed by atoms with Gasteiger partial charge in [-0.1, -0.05) is 10.3 Å². The molecule has 14 heteroatoms. The lowest BCUT2D eigenvalue weighted by Crippen LogP contribution is -2.71. The number of anilines is 1. The maximum absolute atomic E-state index is 12.9. The molecule has 1 saturated heterocycles. The fourth-order valence-corrected chi connectivity index (χ4v) is 5.30. The number of rotatable bonds is 7. The Labute approximate surface area is 201 Å². The minimum Gasteiger partial charge on any atom is -0.543 e. The number of hydrogen-bond donors (Lipinski definition) is 2. The summed E-state index contributed by atoms with van der Waals surface area (Å²) in [7, 11) is 1.24. The van der Waals surface area contributed by atoms with Gasteiger partial charge in [-0.3, -0.25) is 14.5 Å². The number of nitrogens with one attached hydrogen (secondary N) is 1. The highest BCUT2D eigenvalue weighted by atomic mass is 32.2. The Hall–Kier alpha value is -4.33. The topological polar surface area (TPSA) is 180 Å². The lowest BCUT2D eigenvalue weighted by molar-refractivity contribution is -0.688. The van der Waals surface area contributed by atoms with E-state index in [2.05, 4.69) is 15.6 Å². The first-order valence-corrected chi connectivity index (χ1v) is 11.3. The van der Waals surface area contributed by atoms with Crippen LogP contribution in [0.25, 0.3) is 11.0 Å². The third kappa shape index (κ3) is 3.97. The molecule has 1 unspecified atom stereocenters. The Bertz CT molecular complexity index is 1410. The van der Waals surface area contributed by atoms with Crippen LogP contribution in [0, 0.1) is 0 Å². The molecule has 5 heterocycles. The highest BCUT2D eigenvalue weighted by molar-refractivity contribution is 8.00. The second kappa shape index (κ2) is 8.79. The monoisotopic (exact) mass is 498 g/mol. The number of pyridine rings is 1. The van der Waals surface area contributed by atoms with Gasteiger partial charge in [0.05, 0.1) is 17.9 Å². The molecule has 3 N–H and O–H groups in total. The van der Waals surface area contributed by atoms with Crippen molar-refractivity contribution in [1.82, 2.24) is 15.4 Å². The van der Waals surface area contributed by atoms with Gasteiger partial charge in [0.25, 0.3) is 11.8 Å². The molecule has 0 saturated carbocycles. The summed E-state index contributed by atoms with van der Waals surface area (Å²) in [6, 6.07) is 3.96. The van der Waals surface area contributed by atoms with Gasteiger partial charge in [-0.25, -0.2) is 0 Å². The second-order valence-electron chi connectivity index (χ2n) is 7.69. The zero-order valence-electron chi connectivity index (χ0n) is 18.2. The van der Waals surface area contributed by atoms with Gasteiger partial charge in [0.15, 0.2) is 24.0 Å². The van der Waals surface area contributed by atoms with E-state index in [9.17, 15) is 19.5 Å². The van der Waals surface area contributed by atoms with Crippen molar-refractivity contribution >= 4 is 52.1 Å². The number of hydrogen-bond acceptors (Lipinski definition) is 11. The van der Waals surface area contributed by atoms with Gasteiger partial charge >= 0.3 is 0 Å². The molecular formula is C21H18N6O7S. The molecule has 2 amide bonds. The van der Waals surface area contributed by atoms with Crippen LogP contribution in [0.2, 0.25) is 0 Å². The van der Waals surface area contributed by atoms with Gasteiger partial charge in [-0.2, -0.15) is 4.57 Å². The minimum absolute atomic E-state index is 0.0185. The maximum atomic E-state index is 12.9. The molecule has 0 spiro atoms. The van der Waals surface area contributed by atoms with Crippen LogP contribution in [0.5, 0.6) is 0 Å². The Morgan fingerprint density at radius 2 is 2.29 bits per heavy atom. The number of oxime groups is 1. The summed E-state index contributed by atoms with van der Waals surface area (Å²) in [5.41, 5.74) is 6.21. The fraction of sp³-hybridized carbons (Fsp3) is 0.238. The van der Waals surface area contributed by atoms with E-state index in [4.69, 9.17) is 19.5 Å². The summed E-state index contributed by atoms with van der Waals surface area (Å²) >= 11 is 1.32. The molecular weight excluding hydrogens is 480 g/mol. The number of fused-ring (bicyclic) bond motifs is 2. The van der Waals surface area contributed by atoms with Gasteiger partial charge in [0.1, 0.15) is 24.2 Å². The molecule has 2 aliphatic heterocycles. The summed E-state index contributed by atoms with van der Waals surface area (Å²) in [6.07, 6.45) is 5.11. The van der Waals surface area contributed by atoms with Crippen molar-refractivity contribution in [3.8, 4) is 0 Å². The number of nitrogens with two attached hydrogens (primary N) is 1. The van der Waals surface area contributed by atoms with Crippen LogP contribution in [0.1, 0.15) is 5.69 Å². The molecule has 13 nitrogen and oxygen atoms in total. The number of carboxylic acids is 1. The van der Waals surface area contributed by atoms with Crippen LogP contribution in [0.15, 0.2) is 62.2 Å². The Kier molecular flexibility index (Phi) is 5.64. The van der Waals surface area contributed by atoms with Gasteiger partial charge in [-0.15, -0.1) is 11.8 Å². The number of carboxylic acid groups (broad SMARTS) is 1. The standard InChI is InChI=1S/C21H18N6O7S/c1-32-25-15(12-6-14(22)34-24-12)18(28)23-16-19(29)27-17(21(30)31)11(9-35-20(16)27)7-26-4-2-10-3-5-33-13(10)8-26/h2-6,8,16,20H,7,9H2,1H3,(H3-,22,23,24,28,30,31)/t16?,20-/m0/s1. The molecule has 180 valence electrons. The van der Waals surface area contributed by atoms with E-state index in [0.717, 1.165) is 10.3 Å². The van der Waals surface area contributed by atoms with Crippen molar-refractivity contribution in [2.24, 2.45) is 5.16 Å². The normalized spacial score (nSPS) is 20.0. The summed E-state index contributed by atoms with van der Waals surface area (Å²) < 4.78 is 11.9. The Balaban J connectivity index is 1.36. The number of furan rings is 1. The van der Waals surface area contributed by atoms with E-state index in [-0.39, 0.29) is 29.5 Å². The molecule has 3 aromatic rings. The molecule has 0 radical (unpaired) electrons. The van der Waals surface area contributed by atoms with Crippen molar-refractivity contribution in [3.63, 3.8) is 0 Å². The van der Waals surface area contributed by atoms with Crippen molar-refractivity contribution in [2.75, 3.05) is 18.6 Å². The number of β-lactam (4-membered cyclic amide) rings is 1. The molecule has 2 atom stereocenters. The number of thioether (sulfide) groups is 1. The number of aliphatic carboxylic acids is 1. The predicted molar refractivity (Wildman–Crippen MR) is 118 cm³/mol. The predicted octanol–water partition coefficient (Wildman–Crippen LogP) is -1.25. The van der Waals surface area contributed by atoms with Crippen LogP contribution < -0.4 is 20.7 Å². The average Bonchev–Trinajstić information content (AvgIpc) is 3.48. The van der Waals surface area contributed by atoms with E-state index in [1.165, 1.54) is 24.9 Å². The van der Waals surface area contributed by atoms with Crippen molar-refractivity contribution in [1.29, 1.82) is 0 Å². The molecule has 35 heavy (non-hydrogen) atoms. The number of carbonyl (C=O) groups is 3. The number of carbonyl (C=O) groups excluding carboxylic acids is 3. The lowest BCUT2D eigenvalue weighted by Gasteiger charge is -2.50. The molecule has 5 rings (SSSR count). The highest BCUT2D eigenvalue weighted by Gasteiger charge is 2.53. The zero-order valence-corrected chi connectivity index (χ0v) is 19.0. The van der Waals surface area contributed by atoms with E-state index in [0.29, 0.717) is 16.9 Å². The van der Waals surface area contributed by atoms with E-state index in [1.807, 2.05) is 12.1 Å². The van der Waals surface area contributed by atoms with Crippen molar-refractivity contribution in [3.05, 3.63) is 53.8 Å². The van der Waals surface area contributed by atoms with Crippen LogP contribution in [-0.4, -0.2) is 57.8 Å². The second-order valence-corrected chi connectivity index (χ2v) is 8.80. The third-order valence-corrected chi connectivity index (χ3v) is 6.86. The molecule has 1 fully saturated rings. The number of nitrogens with zero attached hydrogens (tertiary/aromatic N) is 4. The molecule has 0 aromatic carbocycles. The SMILES string of the molecule is CON=C(C(=O)NC1C(=O)N2C(C(=O)[O-])=C(C[n+]3ccc4ccoc4c3)CS[C@@H]12)c1cc(N)on1. The lowest BCUT2D eigenvalue weighted by atomic mass is 10.0. The van der Waals surface area contributed by atoms with Gasteiger partial charge in [0.2, 0.25) is 12.1 Å². The minimum atomic E-state index is -1.47. The third-order valence-electron chi connectivity index (χ3n) is 5.53. The van der Waals surface area contributed by atoms with Gasteiger partial charge in [0, 0.05) is 28.8 Å². The molecule has 0 aliphatic carbocycles. The van der Waals surface area contributed by atoms with Crippen LogP contribution in [0.3, 0.4) is 0 Å². The van der Waals surface area contributed by atoms with Gasteiger partial charge in [-0.05, 0) is 6.07 Å². The Morgan fingerprint density at radius 1 is 1.46 bits per heavy atom. The first-order valence-electron chi connectivity index (χ1n) is 10.3. The van der Waals surface area contributed by atoms with Gasteiger partial charge < -0.3 is 34.7 Å². The van der Waals surface area contributed by atoms with E-state index >= 15 is 0 Å². The van der Waals surface area contributed by atoms with Crippen molar-refractivity contribution < 1.29 is 37.8 Å². The first-order chi connectivity index (χ1) is 16.9. The maximum Gasteiger partial charge on any atom is 0.276 e. The van der Waals surface area contributed by atoms with Crippen molar-refractivity contribution in [2.45, 2.75) is 18.0 Å². The number of nitrogen functional groups attached to an aromatic ring is 1. The molecule has 0 bridgehead atoms. The average molecular weight is 498 g/mol. The summed E-state index contributed by atoms with van der Waals surface area (Å²) in [5.74, 6) is -2.54. The number of aromatic nitrogens is 2. The zero-order chi connectivity index (χ0) is 24.7. The van der Waals surface area contributed by atoms with E-state index in [1.54, 1.807) is 23.2 Å². The molecule has 2 aliphatic rings. The summed E-state index contributed by atoms with van der Waals surface area (Å²) in [5, 5.41) is 22.1. The summed E-state index contributed by atoms with van der Waals surface area (Å²) in [6.45, 7) is 0.221. The van der Waals surface area contributed by atoms with Crippen LogP contribution >= 0.6 is 11.8 Å². The quantitative estimate of drug-likeness (QED) is 0.173. The largest absolute Gasteiger partial charge is 0.543 e. The van der Waals surface area contributed by atoms with Crippen LogP contribution in [-0.2, 0) is 25.8 Å². The Morgan fingerprint density at radius 3 is 3.00 bits per heavy atom. The van der Waals surface area contributed by atoms with Crippen LogP contribution in [0.4, 0.5) is 5.88 Å².